The van der Waals surface area contributed by atoms with Crippen molar-refractivity contribution in [3.8, 4) is 0 Å². The van der Waals surface area contributed by atoms with Gasteiger partial charge in [0.15, 0.2) is 0 Å². The number of hydrogen-bond acceptors (Lipinski definition) is 2. The van der Waals surface area contributed by atoms with Crippen molar-refractivity contribution in [2.75, 3.05) is 18.0 Å². The van der Waals surface area contributed by atoms with E-state index in [0.29, 0.717) is 5.56 Å². The lowest BCUT2D eigenvalue weighted by molar-refractivity contribution is 0.378. The Hall–Kier alpha value is -1.09. The van der Waals surface area contributed by atoms with Gasteiger partial charge in [0.1, 0.15) is 5.82 Å². The fourth-order valence-corrected chi connectivity index (χ4v) is 3.19. The molecular formula is C17H27FN2. The molecule has 1 unspecified atom stereocenters. The fourth-order valence-electron chi connectivity index (χ4n) is 3.19. The Morgan fingerprint density at radius 2 is 2.00 bits per heavy atom. The highest BCUT2D eigenvalue weighted by Gasteiger charge is 2.22. The lowest BCUT2D eigenvalue weighted by Gasteiger charge is -2.35. The van der Waals surface area contributed by atoms with Crippen LogP contribution < -0.4 is 10.6 Å². The summed E-state index contributed by atoms with van der Waals surface area (Å²) in [5.74, 6) is 0.707. The third-order valence-electron chi connectivity index (χ3n) is 4.45. The summed E-state index contributed by atoms with van der Waals surface area (Å²) in [5.41, 5.74) is 8.80. The molecule has 1 fully saturated rings. The van der Waals surface area contributed by atoms with Crippen LogP contribution in [0.3, 0.4) is 0 Å². The van der Waals surface area contributed by atoms with Crippen molar-refractivity contribution in [3.05, 3.63) is 29.1 Å². The highest BCUT2D eigenvalue weighted by Crippen LogP contribution is 2.32. The van der Waals surface area contributed by atoms with Crippen LogP contribution in [0.5, 0.6) is 0 Å². The first-order chi connectivity index (χ1) is 9.52. The van der Waals surface area contributed by atoms with Gasteiger partial charge in [0.05, 0.1) is 0 Å². The molecule has 1 atom stereocenters. The van der Waals surface area contributed by atoms with E-state index in [1.165, 1.54) is 25.7 Å². The number of piperidine rings is 1. The van der Waals surface area contributed by atoms with E-state index in [2.05, 4.69) is 11.8 Å². The molecule has 2 rings (SSSR count). The number of nitrogens with zero attached hydrogens (tertiary/aromatic N) is 1. The number of halogens is 1. The Morgan fingerprint density at radius 3 is 2.55 bits per heavy atom. The number of aryl methyl sites for hydroxylation is 1. The number of nitrogens with two attached hydrogens (primary N) is 1. The molecular weight excluding hydrogens is 251 g/mol. The van der Waals surface area contributed by atoms with Crippen LogP contribution in [0.2, 0.25) is 0 Å². The predicted octanol–water partition coefficient (Wildman–Crippen LogP) is 4.17. The standard InChI is InChI=1S/C17H27FN2/c1-4-5-14-6-8-20(9-7-14)17-10-12(2)16(18)11-15(17)13(3)19/h10-11,13-14H,4-9,19H2,1-3H3. The van der Waals surface area contributed by atoms with Crippen molar-refractivity contribution in [2.24, 2.45) is 11.7 Å². The van der Waals surface area contributed by atoms with E-state index in [-0.39, 0.29) is 11.9 Å². The molecule has 0 bridgehead atoms. The van der Waals surface area contributed by atoms with Crippen LogP contribution in [0.1, 0.15) is 56.7 Å². The van der Waals surface area contributed by atoms with E-state index < -0.39 is 0 Å². The van der Waals surface area contributed by atoms with E-state index in [9.17, 15) is 4.39 Å². The van der Waals surface area contributed by atoms with Gasteiger partial charge >= 0.3 is 0 Å². The lowest BCUT2D eigenvalue weighted by atomic mass is 9.91. The van der Waals surface area contributed by atoms with Gasteiger partial charge in [-0.1, -0.05) is 19.8 Å². The summed E-state index contributed by atoms with van der Waals surface area (Å²) in [6.07, 6.45) is 5.08. The molecule has 0 saturated carbocycles. The molecule has 1 aliphatic rings. The first-order valence-electron chi connectivity index (χ1n) is 7.83. The van der Waals surface area contributed by atoms with Crippen LogP contribution in [0, 0.1) is 18.7 Å². The monoisotopic (exact) mass is 278 g/mol. The van der Waals surface area contributed by atoms with E-state index in [1.807, 2.05) is 19.9 Å². The minimum Gasteiger partial charge on any atom is -0.371 e. The molecule has 1 heterocycles. The normalized spacial score (nSPS) is 18.4. The summed E-state index contributed by atoms with van der Waals surface area (Å²) in [4.78, 5) is 2.39. The summed E-state index contributed by atoms with van der Waals surface area (Å²) in [6.45, 7) is 8.14. The Kier molecular flexibility index (Phi) is 5.03. The predicted molar refractivity (Wildman–Crippen MR) is 83.6 cm³/mol. The molecule has 0 amide bonds. The second-order valence-corrected chi connectivity index (χ2v) is 6.17. The maximum Gasteiger partial charge on any atom is 0.126 e. The summed E-state index contributed by atoms with van der Waals surface area (Å²) >= 11 is 0. The first kappa shape index (κ1) is 15.3. The molecule has 0 aliphatic carbocycles. The Labute approximate surface area is 122 Å². The summed E-state index contributed by atoms with van der Waals surface area (Å²) in [6, 6.07) is 3.45. The lowest BCUT2D eigenvalue weighted by Crippen LogP contribution is -2.34. The third kappa shape index (κ3) is 3.32. The summed E-state index contributed by atoms with van der Waals surface area (Å²) < 4.78 is 13.8. The zero-order valence-electron chi connectivity index (χ0n) is 13.0. The fraction of sp³-hybridized carbons (Fsp3) is 0.647. The van der Waals surface area contributed by atoms with Crippen LogP contribution in [-0.4, -0.2) is 13.1 Å². The molecule has 0 spiro atoms. The highest BCUT2D eigenvalue weighted by molar-refractivity contribution is 5.57. The smallest absolute Gasteiger partial charge is 0.126 e. The SMILES string of the molecule is CCCC1CCN(c2cc(C)c(F)cc2C(C)N)CC1. The third-order valence-corrected chi connectivity index (χ3v) is 4.45. The summed E-state index contributed by atoms with van der Waals surface area (Å²) in [5, 5.41) is 0. The van der Waals surface area contributed by atoms with Crippen molar-refractivity contribution >= 4 is 5.69 Å². The van der Waals surface area contributed by atoms with Gasteiger partial charge in [-0.3, -0.25) is 0 Å². The Bertz CT molecular complexity index is 449. The molecule has 20 heavy (non-hydrogen) atoms. The quantitative estimate of drug-likeness (QED) is 0.895. The maximum absolute atomic E-state index is 13.8. The van der Waals surface area contributed by atoms with E-state index in [1.54, 1.807) is 6.07 Å². The first-order valence-corrected chi connectivity index (χ1v) is 7.83. The molecule has 2 N–H and O–H groups in total. The minimum atomic E-state index is -0.151. The zero-order chi connectivity index (χ0) is 14.7. The average Bonchev–Trinajstić information content (AvgIpc) is 2.42. The number of benzene rings is 1. The van der Waals surface area contributed by atoms with Crippen LogP contribution in [0.25, 0.3) is 0 Å². The zero-order valence-corrected chi connectivity index (χ0v) is 13.0. The van der Waals surface area contributed by atoms with Gasteiger partial charge in [-0.05, 0) is 55.9 Å². The van der Waals surface area contributed by atoms with E-state index in [0.717, 1.165) is 30.3 Å². The van der Waals surface area contributed by atoms with E-state index >= 15 is 0 Å². The number of hydrogen-bond donors (Lipinski definition) is 1. The van der Waals surface area contributed by atoms with Gasteiger partial charge in [0, 0.05) is 24.8 Å². The largest absolute Gasteiger partial charge is 0.371 e. The van der Waals surface area contributed by atoms with Crippen molar-refractivity contribution in [2.45, 2.75) is 52.5 Å². The van der Waals surface area contributed by atoms with Crippen LogP contribution in [0.15, 0.2) is 12.1 Å². The van der Waals surface area contributed by atoms with Crippen LogP contribution >= 0.6 is 0 Å². The van der Waals surface area contributed by atoms with Gasteiger partial charge in [-0.25, -0.2) is 4.39 Å². The molecule has 3 heteroatoms. The molecule has 112 valence electrons. The van der Waals surface area contributed by atoms with Crippen LogP contribution in [-0.2, 0) is 0 Å². The molecule has 1 aliphatic heterocycles. The topological polar surface area (TPSA) is 29.3 Å². The molecule has 1 aromatic rings. The molecule has 1 aromatic carbocycles. The Balaban J connectivity index is 2.18. The van der Waals surface area contributed by atoms with Gasteiger partial charge < -0.3 is 10.6 Å². The summed E-state index contributed by atoms with van der Waals surface area (Å²) in [7, 11) is 0. The van der Waals surface area contributed by atoms with Gasteiger partial charge in [-0.2, -0.15) is 0 Å². The van der Waals surface area contributed by atoms with Crippen molar-refractivity contribution in [1.29, 1.82) is 0 Å². The van der Waals surface area contributed by atoms with Crippen LogP contribution in [0.4, 0.5) is 10.1 Å². The van der Waals surface area contributed by atoms with Gasteiger partial charge in [-0.15, -0.1) is 0 Å². The minimum absolute atomic E-state index is 0.131. The van der Waals surface area contributed by atoms with Crippen molar-refractivity contribution in [1.82, 2.24) is 0 Å². The second kappa shape index (κ2) is 6.57. The van der Waals surface area contributed by atoms with Gasteiger partial charge in [0.25, 0.3) is 0 Å². The highest BCUT2D eigenvalue weighted by atomic mass is 19.1. The van der Waals surface area contributed by atoms with Crippen molar-refractivity contribution < 1.29 is 4.39 Å². The second-order valence-electron chi connectivity index (χ2n) is 6.17. The molecule has 0 radical (unpaired) electrons. The number of anilines is 1. The van der Waals surface area contributed by atoms with E-state index in [4.69, 9.17) is 5.73 Å². The van der Waals surface area contributed by atoms with Gasteiger partial charge in [0.2, 0.25) is 0 Å². The maximum atomic E-state index is 13.8. The molecule has 1 saturated heterocycles. The number of rotatable bonds is 4. The Morgan fingerprint density at radius 1 is 1.35 bits per heavy atom. The molecule has 0 aromatic heterocycles. The molecule has 2 nitrogen and oxygen atoms in total. The van der Waals surface area contributed by atoms with Crippen molar-refractivity contribution in [3.63, 3.8) is 0 Å². The average molecular weight is 278 g/mol.